The molecule has 0 saturated carbocycles. The summed E-state index contributed by atoms with van der Waals surface area (Å²) < 4.78 is 32.9. The van der Waals surface area contributed by atoms with Gasteiger partial charge in [0, 0.05) is 0 Å². The largest absolute Gasteiger partial charge is 0.492 e. The van der Waals surface area contributed by atoms with Crippen molar-refractivity contribution in [3.8, 4) is 5.75 Å². The van der Waals surface area contributed by atoms with Gasteiger partial charge in [0.2, 0.25) is 5.82 Å². The quantitative estimate of drug-likeness (QED) is 0.863. The SMILES string of the molecule is COc1c(Br)cc(CC2CCNCC2)c(F)c1F. The Labute approximate surface area is 114 Å². The number of nitrogens with one attached hydrogen (secondary N) is 1. The summed E-state index contributed by atoms with van der Waals surface area (Å²) >= 11 is 3.21. The highest BCUT2D eigenvalue weighted by molar-refractivity contribution is 9.10. The average Bonchev–Trinajstić information content (AvgIpc) is 2.37. The van der Waals surface area contributed by atoms with Crippen molar-refractivity contribution in [2.75, 3.05) is 20.2 Å². The molecule has 0 radical (unpaired) electrons. The van der Waals surface area contributed by atoms with E-state index in [1.165, 1.54) is 7.11 Å². The van der Waals surface area contributed by atoms with E-state index in [-0.39, 0.29) is 5.75 Å². The molecule has 2 rings (SSSR count). The Morgan fingerprint density at radius 3 is 2.61 bits per heavy atom. The third kappa shape index (κ3) is 2.83. The first-order chi connectivity index (χ1) is 8.63. The summed E-state index contributed by atoms with van der Waals surface area (Å²) in [6.45, 7) is 1.90. The van der Waals surface area contributed by atoms with E-state index in [4.69, 9.17) is 4.74 Å². The van der Waals surface area contributed by atoms with Gasteiger partial charge in [0.25, 0.3) is 0 Å². The number of halogens is 3. The molecule has 100 valence electrons. The molecule has 18 heavy (non-hydrogen) atoms. The van der Waals surface area contributed by atoms with Crippen molar-refractivity contribution in [1.82, 2.24) is 5.32 Å². The lowest BCUT2D eigenvalue weighted by Crippen LogP contribution is -2.28. The summed E-state index contributed by atoms with van der Waals surface area (Å²) in [6, 6.07) is 1.62. The van der Waals surface area contributed by atoms with E-state index in [2.05, 4.69) is 21.2 Å². The lowest BCUT2D eigenvalue weighted by molar-refractivity contribution is 0.353. The number of methoxy groups -OCH3 is 1. The number of ether oxygens (including phenoxy) is 1. The van der Waals surface area contributed by atoms with E-state index in [1.54, 1.807) is 6.07 Å². The first-order valence-corrected chi connectivity index (χ1v) is 6.84. The average molecular weight is 320 g/mol. The molecule has 2 nitrogen and oxygen atoms in total. The smallest absolute Gasteiger partial charge is 0.202 e. The van der Waals surface area contributed by atoms with Gasteiger partial charge in [-0.3, -0.25) is 0 Å². The molecule has 1 aromatic carbocycles. The molecular formula is C13H16BrF2NO. The molecule has 1 saturated heterocycles. The monoisotopic (exact) mass is 319 g/mol. The second-order valence-electron chi connectivity index (χ2n) is 4.58. The van der Waals surface area contributed by atoms with Crippen LogP contribution in [-0.2, 0) is 6.42 Å². The van der Waals surface area contributed by atoms with Gasteiger partial charge < -0.3 is 10.1 Å². The summed E-state index contributed by atoms with van der Waals surface area (Å²) in [7, 11) is 1.33. The third-order valence-corrected chi connectivity index (χ3v) is 3.95. The zero-order valence-corrected chi connectivity index (χ0v) is 11.8. The van der Waals surface area contributed by atoms with Crippen LogP contribution in [0.2, 0.25) is 0 Å². The van der Waals surface area contributed by atoms with Crippen LogP contribution in [0.15, 0.2) is 10.5 Å². The van der Waals surface area contributed by atoms with Crippen LogP contribution in [0.4, 0.5) is 8.78 Å². The van der Waals surface area contributed by atoms with Gasteiger partial charge in [-0.2, -0.15) is 4.39 Å². The minimum atomic E-state index is -0.907. The van der Waals surface area contributed by atoms with Gasteiger partial charge in [-0.15, -0.1) is 0 Å². The summed E-state index contributed by atoms with van der Waals surface area (Å²) in [5.41, 5.74) is 0.423. The summed E-state index contributed by atoms with van der Waals surface area (Å²) in [6.07, 6.45) is 2.59. The highest BCUT2D eigenvalue weighted by atomic mass is 79.9. The van der Waals surface area contributed by atoms with Crippen LogP contribution in [0.3, 0.4) is 0 Å². The molecule has 5 heteroatoms. The Morgan fingerprint density at radius 2 is 2.00 bits per heavy atom. The first-order valence-electron chi connectivity index (χ1n) is 6.04. The van der Waals surface area contributed by atoms with Crippen LogP contribution >= 0.6 is 15.9 Å². The van der Waals surface area contributed by atoms with E-state index in [1.807, 2.05) is 0 Å². The highest BCUT2D eigenvalue weighted by Crippen LogP contribution is 2.33. The Hall–Kier alpha value is -0.680. The topological polar surface area (TPSA) is 21.3 Å². The Bertz CT molecular complexity index is 433. The fourth-order valence-corrected chi connectivity index (χ4v) is 2.97. The van der Waals surface area contributed by atoms with Gasteiger partial charge in [-0.05, 0) is 65.8 Å². The van der Waals surface area contributed by atoms with Crippen LogP contribution in [0.5, 0.6) is 5.75 Å². The molecule has 1 heterocycles. The van der Waals surface area contributed by atoms with Crippen molar-refractivity contribution in [3.05, 3.63) is 27.7 Å². The van der Waals surface area contributed by atoms with Crippen molar-refractivity contribution < 1.29 is 13.5 Å². The predicted molar refractivity (Wildman–Crippen MR) is 69.9 cm³/mol. The molecule has 0 unspecified atom stereocenters. The molecule has 0 aliphatic carbocycles. The van der Waals surface area contributed by atoms with E-state index < -0.39 is 11.6 Å². The predicted octanol–water partition coefficient (Wildman–Crippen LogP) is 3.28. The molecule has 0 aromatic heterocycles. The fraction of sp³-hybridized carbons (Fsp3) is 0.538. The molecule has 0 amide bonds. The minimum Gasteiger partial charge on any atom is -0.492 e. The van der Waals surface area contributed by atoms with Crippen molar-refractivity contribution in [2.24, 2.45) is 5.92 Å². The molecule has 0 spiro atoms. The lowest BCUT2D eigenvalue weighted by Gasteiger charge is -2.23. The van der Waals surface area contributed by atoms with Gasteiger partial charge >= 0.3 is 0 Å². The second kappa shape index (κ2) is 5.97. The second-order valence-corrected chi connectivity index (χ2v) is 5.43. The van der Waals surface area contributed by atoms with Crippen molar-refractivity contribution in [1.29, 1.82) is 0 Å². The normalized spacial score (nSPS) is 16.9. The zero-order valence-electron chi connectivity index (χ0n) is 10.2. The van der Waals surface area contributed by atoms with Crippen LogP contribution < -0.4 is 10.1 Å². The standard InChI is InChI=1S/C13H16BrF2NO/c1-18-13-10(14)7-9(11(15)12(13)16)6-8-2-4-17-5-3-8/h7-8,17H,2-6H2,1H3. The number of benzene rings is 1. The van der Waals surface area contributed by atoms with Gasteiger partial charge in [0.1, 0.15) is 0 Å². The Morgan fingerprint density at radius 1 is 1.33 bits per heavy atom. The minimum absolute atomic E-state index is 0.0680. The molecule has 1 aliphatic heterocycles. The Kier molecular flexibility index (Phi) is 4.56. The Balaban J connectivity index is 2.22. The molecule has 1 aromatic rings. The highest BCUT2D eigenvalue weighted by Gasteiger charge is 2.21. The summed E-state index contributed by atoms with van der Waals surface area (Å²) in [5, 5.41) is 3.26. The maximum absolute atomic E-state index is 13.9. The van der Waals surface area contributed by atoms with E-state index >= 15 is 0 Å². The van der Waals surface area contributed by atoms with Crippen LogP contribution in [0.25, 0.3) is 0 Å². The van der Waals surface area contributed by atoms with Crippen molar-refractivity contribution in [3.63, 3.8) is 0 Å². The van der Waals surface area contributed by atoms with Crippen LogP contribution in [0.1, 0.15) is 18.4 Å². The number of piperidine rings is 1. The molecule has 1 fully saturated rings. The zero-order chi connectivity index (χ0) is 13.1. The molecule has 0 atom stereocenters. The maximum atomic E-state index is 13.9. The van der Waals surface area contributed by atoms with Crippen LogP contribution in [0, 0.1) is 17.6 Å². The molecule has 1 aliphatic rings. The number of hydrogen-bond acceptors (Lipinski definition) is 2. The van der Waals surface area contributed by atoms with Gasteiger partial charge in [0.15, 0.2) is 11.6 Å². The molecular weight excluding hydrogens is 304 g/mol. The van der Waals surface area contributed by atoms with E-state index in [0.29, 0.717) is 22.4 Å². The van der Waals surface area contributed by atoms with Crippen LogP contribution in [-0.4, -0.2) is 20.2 Å². The maximum Gasteiger partial charge on any atom is 0.202 e. The first kappa shape index (κ1) is 13.7. The van der Waals surface area contributed by atoms with E-state index in [0.717, 1.165) is 25.9 Å². The lowest BCUT2D eigenvalue weighted by atomic mass is 9.91. The van der Waals surface area contributed by atoms with Gasteiger partial charge in [-0.1, -0.05) is 0 Å². The van der Waals surface area contributed by atoms with Crippen molar-refractivity contribution in [2.45, 2.75) is 19.3 Å². The summed E-state index contributed by atoms with van der Waals surface area (Å²) in [5.74, 6) is -1.34. The van der Waals surface area contributed by atoms with E-state index in [9.17, 15) is 8.78 Å². The molecule has 0 bridgehead atoms. The van der Waals surface area contributed by atoms with Gasteiger partial charge in [0.05, 0.1) is 11.6 Å². The summed E-state index contributed by atoms with van der Waals surface area (Å²) in [4.78, 5) is 0. The molecule has 1 N–H and O–H groups in total. The number of rotatable bonds is 3. The fourth-order valence-electron chi connectivity index (χ4n) is 2.36. The van der Waals surface area contributed by atoms with Crippen molar-refractivity contribution >= 4 is 15.9 Å². The number of hydrogen-bond donors (Lipinski definition) is 1. The third-order valence-electron chi connectivity index (χ3n) is 3.36. The van der Waals surface area contributed by atoms with Gasteiger partial charge in [-0.25, -0.2) is 4.39 Å².